The zero-order valence-electron chi connectivity index (χ0n) is 18.7. The fourth-order valence-electron chi connectivity index (χ4n) is 3.73. The second kappa shape index (κ2) is 9.16. The van der Waals surface area contributed by atoms with E-state index in [-0.39, 0.29) is 17.0 Å². The first-order chi connectivity index (χ1) is 15.9. The Morgan fingerprint density at radius 3 is 2.36 bits per heavy atom. The molecule has 7 nitrogen and oxygen atoms in total. The van der Waals surface area contributed by atoms with E-state index in [9.17, 15) is 14.4 Å². The molecule has 0 aromatic heterocycles. The van der Waals surface area contributed by atoms with Crippen molar-refractivity contribution in [2.24, 2.45) is 0 Å². The third-order valence-corrected chi connectivity index (χ3v) is 5.48. The maximum absolute atomic E-state index is 13.0. The fourth-order valence-corrected chi connectivity index (χ4v) is 3.73. The Hall–Kier alpha value is -4.13. The highest BCUT2D eigenvalue weighted by molar-refractivity contribution is 6.34. The van der Waals surface area contributed by atoms with E-state index in [2.05, 4.69) is 5.32 Å². The maximum atomic E-state index is 13.0. The molecule has 0 saturated heterocycles. The molecular weight excluding hydrogens is 420 g/mol. The van der Waals surface area contributed by atoms with Crippen LogP contribution in [0.2, 0.25) is 0 Å². The van der Waals surface area contributed by atoms with Crippen LogP contribution in [-0.2, 0) is 6.54 Å². The topological polar surface area (TPSA) is 84.9 Å². The lowest BCUT2D eigenvalue weighted by atomic mass is 10.1. The van der Waals surface area contributed by atoms with Crippen LogP contribution in [0.1, 0.15) is 49.1 Å². The Kier molecular flexibility index (Phi) is 6.13. The van der Waals surface area contributed by atoms with Crippen LogP contribution in [0.15, 0.2) is 60.7 Å². The van der Waals surface area contributed by atoms with Gasteiger partial charge >= 0.3 is 0 Å². The number of carbonyl (C=O) groups is 3. The van der Waals surface area contributed by atoms with Crippen LogP contribution >= 0.6 is 0 Å². The Morgan fingerprint density at radius 1 is 0.939 bits per heavy atom. The predicted molar refractivity (Wildman–Crippen MR) is 124 cm³/mol. The number of hydrogen-bond donors (Lipinski definition) is 1. The van der Waals surface area contributed by atoms with Gasteiger partial charge < -0.3 is 14.8 Å². The smallest absolute Gasteiger partial charge is 0.266 e. The van der Waals surface area contributed by atoms with Crippen molar-refractivity contribution in [3.8, 4) is 11.5 Å². The SMILES string of the molecule is CCOc1ccc(N2C(=O)c3ccc(C(=O)NCc4ccc(C)c(OC)c4)cc3C2=O)cc1. The molecule has 0 atom stereocenters. The monoisotopic (exact) mass is 444 g/mol. The average molecular weight is 444 g/mol. The molecule has 0 aliphatic carbocycles. The summed E-state index contributed by atoms with van der Waals surface area (Å²) in [5.41, 5.74) is 3.13. The first-order valence-electron chi connectivity index (χ1n) is 10.6. The summed E-state index contributed by atoms with van der Waals surface area (Å²) in [6.07, 6.45) is 0. The fraction of sp³-hybridized carbons (Fsp3) is 0.192. The van der Waals surface area contributed by atoms with Crippen LogP contribution in [0.3, 0.4) is 0 Å². The quantitative estimate of drug-likeness (QED) is 0.554. The lowest BCUT2D eigenvalue weighted by molar-refractivity contribution is 0.0923. The lowest BCUT2D eigenvalue weighted by Gasteiger charge is -2.14. The molecule has 168 valence electrons. The van der Waals surface area contributed by atoms with Gasteiger partial charge in [0.2, 0.25) is 0 Å². The van der Waals surface area contributed by atoms with Crippen LogP contribution in [-0.4, -0.2) is 31.4 Å². The van der Waals surface area contributed by atoms with Crippen molar-refractivity contribution in [3.63, 3.8) is 0 Å². The Labute approximate surface area is 191 Å². The highest BCUT2D eigenvalue weighted by atomic mass is 16.5. The number of carbonyl (C=O) groups excluding carboxylic acids is 3. The molecular formula is C26H24N2O5. The van der Waals surface area contributed by atoms with E-state index in [1.165, 1.54) is 12.1 Å². The van der Waals surface area contributed by atoms with E-state index in [0.29, 0.717) is 30.2 Å². The van der Waals surface area contributed by atoms with Crippen LogP contribution in [0.25, 0.3) is 0 Å². The second-order valence-electron chi connectivity index (χ2n) is 7.62. The largest absolute Gasteiger partial charge is 0.496 e. The lowest BCUT2D eigenvalue weighted by Crippen LogP contribution is -2.29. The van der Waals surface area contributed by atoms with E-state index < -0.39 is 11.8 Å². The van der Waals surface area contributed by atoms with Crippen molar-refractivity contribution < 1.29 is 23.9 Å². The van der Waals surface area contributed by atoms with E-state index in [1.54, 1.807) is 37.4 Å². The highest BCUT2D eigenvalue weighted by Crippen LogP contribution is 2.30. The molecule has 4 rings (SSSR count). The Morgan fingerprint density at radius 2 is 1.67 bits per heavy atom. The molecule has 1 aliphatic heterocycles. The van der Waals surface area contributed by atoms with Crippen molar-refractivity contribution in [1.82, 2.24) is 5.32 Å². The van der Waals surface area contributed by atoms with Crippen LogP contribution in [0.4, 0.5) is 5.69 Å². The number of hydrogen-bond acceptors (Lipinski definition) is 5. The van der Waals surface area contributed by atoms with E-state index in [4.69, 9.17) is 9.47 Å². The van der Waals surface area contributed by atoms with Gasteiger partial charge in [-0.1, -0.05) is 12.1 Å². The normalized spacial score (nSPS) is 12.5. The second-order valence-corrected chi connectivity index (χ2v) is 7.62. The zero-order chi connectivity index (χ0) is 23.5. The summed E-state index contributed by atoms with van der Waals surface area (Å²) in [5, 5.41) is 2.85. The molecule has 0 saturated carbocycles. The number of methoxy groups -OCH3 is 1. The summed E-state index contributed by atoms with van der Waals surface area (Å²) in [7, 11) is 1.60. The van der Waals surface area contributed by atoms with Crippen molar-refractivity contribution in [1.29, 1.82) is 0 Å². The zero-order valence-corrected chi connectivity index (χ0v) is 18.7. The summed E-state index contributed by atoms with van der Waals surface area (Å²) in [6.45, 7) is 4.65. The van der Waals surface area contributed by atoms with Gasteiger partial charge in [-0.2, -0.15) is 0 Å². The van der Waals surface area contributed by atoms with Gasteiger partial charge in [0, 0.05) is 12.1 Å². The number of benzene rings is 3. The minimum Gasteiger partial charge on any atom is -0.496 e. The molecule has 0 radical (unpaired) electrons. The Bertz CT molecular complexity index is 1230. The minimum atomic E-state index is -0.461. The molecule has 0 bridgehead atoms. The molecule has 7 heteroatoms. The molecule has 0 spiro atoms. The van der Waals surface area contributed by atoms with Crippen LogP contribution in [0, 0.1) is 6.92 Å². The number of ether oxygens (including phenoxy) is 2. The molecule has 33 heavy (non-hydrogen) atoms. The van der Waals surface area contributed by atoms with Gasteiger partial charge in [0.1, 0.15) is 11.5 Å². The summed E-state index contributed by atoms with van der Waals surface area (Å²) < 4.78 is 10.7. The van der Waals surface area contributed by atoms with Crippen molar-refractivity contribution >= 4 is 23.4 Å². The van der Waals surface area contributed by atoms with Crippen LogP contribution in [0.5, 0.6) is 11.5 Å². The molecule has 0 fully saturated rings. The highest BCUT2D eigenvalue weighted by Gasteiger charge is 2.37. The first-order valence-corrected chi connectivity index (χ1v) is 10.6. The van der Waals surface area contributed by atoms with Gasteiger partial charge in [-0.15, -0.1) is 0 Å². The van der Waals surface area contributed by atoms with Gasteiger partial charge in [-0.25, -0.2) is 4.90 Å². The molecule has 1 N–H and O–H groups in total. The predicted octanol–water partition coefficient (Wildman–Crippen LogP) is 4.13. The number of aryl methyl sites for hydroxylation is 1. The molecule has 3 aromatic rings. The summed E-state index contributed by atoms with van der Waals surface area (Å²) >= 11 is 0. The molecule has 3 aromatic carbocycles. The number of anilines is 1. The third-order valence-electron chi connectivity index (χ3n) is 5.48. The molecule has 1 aliphatic rings. The summed E-state index contributed by atoms with van der Waals surface area (Å²) in [5.74, 6) is 0.188. The number of nitrogens with zero attached hydrogens (tertiary/aromatic N) is 1. The number of nitrogens with one attached hydrogen (secondary N) is 1. The van der Waals surface area contributed by atoms with E-state index in [0.717, 1.165) is 21.8 Å². The number of imide groups is 1. The van der Waals surface area contributed by atoms with Crippen molar-refractivity contribution in [3.05, 3.63) is 88.5 Å². The van der Waals surface area contributed by atoms with Crippen molar-refractivity contribution in [2.75, 3.05) is 18.6 Å². The summed E-state index contributed by atoms with van der Waals surface area (Å²) in [6, 6.07) is 17.0. The number of fused-ring (bicyclic) bond motifs is 1. The van der Waals surface area contributed by atoms with Crippen molar-refractivity contribution in [2.45, 2.75) is 20.4 Å². The summed E-state index contributed by atoms with van der Waals surface area (Å²) in [4.78, 5) is 39.7. The minimum absolute atomic E-state index is 0.207. The van der Waals surface area contributed by atoms with Gasteiger partial charge in [-0.3, -0.25) is 14.4 Å². The van der Waals surface area contributed by atoms with Gasteiger partial charge in [-0.05, 0) is 73.5 Å². The molecule has 1 heterocycles. The van der Waals surface area contributed by atoms with Gasteiger partial charge in [0.25, 0.3) is 17.7 Å². The van der Waals surface area contributed by atoms with Gasteiger partial charge in [0.05, 0.1) is 30.5 Å². The van der Waals surface area contributed by atoms with Gasteiger partial charge in [0.15, 0.2) is 0 Å². The molecule has 0 unspecified atom stereocenters. The van der Waals surface area contributed by atoms with E-state index >= 15 is 0 Å². The maximum Gasteiger partial charge on any atom is 0.266 e. The third kappa shape index (κ3) is 4.30. The van der Waals surface area contributed by atoms with E-state index in [1.807, 2.05) is 32.0 Å². The number of rotatable bonds is 7. The first kappa shape index (κ1) is 22.1. The Balaban J connectivity index is 1.50. The number of amides is 3. The average Bonchev–Trinajstić information content (AvgIpc) is 3.08. The molecule has 3 amide bonds. The standard InChI is InChI=1S/C26H24N2O5/c1-4-33-20-10-8-19(9-11-20)28-25(30)21-12-7-18(14-22(21)26(28)31)24(29)27-15-17-6-5-16(2)23(13-17)32-3/h5-14H,4,15H2,1-3H3,(H,27,29). The van der Waals surface area contributed by atoms with Crippen LogP contribution < -0.4 is 19.7 Å².